The van der Waals surface area contributed by atoms with Crippen molar-refractivity contribution >= 4 is 11.7 Å². The summed E-state index contributed by atoms with van der Waals surface area (Å²) in [6.07, 6.45) is 0.0405. The van der Waals surface area contributed by atoms with E-state index in [2.05, 4.69) is 10.3 Å². The molecule has 2 N–H and O–H groups in total. The Morgan fingerprint density at radius 2 is 2.00 bits per heavy atom. The molecule has 2 rings (SSSR count). The van der Waals surface area contributed by atoms with Crippen molar-refractivity contribution in [2.75, 3.05) is 5.32 Å². The highest BCUT2D eigenvalue weighted by Gasteiger charge is 2.23. The van der Waals surface area contributed by atoms with E-state index in [4.69, 9.17) is 0 Å². The van der Waals surface area contributed by atoms with Gasteiger partial charge in [-0.1, -0.05) is 0 Å². The van der Waals surface area contributed by atoms with Crippen LogP contribution in [-0.2, 0) is 18.3 Å². The molecule has 1 aliphatic heterocycles. The highest BCUT2D eigenvalue weighted by molar-refractivity contribution is 5.97. The van der Waals surface area contributed by atoms with Gasteiger partial charge in [-0.3, -0.25) is 19.1 Å². The van der Waals surface area contributed by atoms with Gasteiger partial charge in [0.15, 0.2) is 0 Å². The molecule has 0 radical (unpaired) electrons. The molecule has 6 nitrogen and oxygen atoms in total. The van der Waals surface area contributed by atoms with E-state index in [0.29, 0.717) is 11.4 Å². The zero-order valence-electron chi connectivity index (χ0n) is 6.88. The first kappa shape index (κ1) is 7.78. The average molecular weight is 181 g/mol. The molecule has 0 atom stereocenters. The summed E-state index contributed by atoms with van der Waals surface area (Å²) in [5.74, 6) is 0.0421. The number of carbonyl (C=O) groups is 1. The summed E-state index contributed by atoms with van der Waals surface area (Å²) in [5.41, 5.74) is -0.686. The van der Waals surface area contributed by atoms with Crippen LogP contribution in [0.2, 0.25) is 0 Å². The van der Waals surface area contributed by atoms with Gasteiger partial charge >= 0.3 is 5.69 Å². The van der Waals surface area contributed by atoms with Crippen molar-refractivity contribution in [2.24, 2.45) is 7.05 Å². The first-order valence-corrected chi connectivity index (χ1v) is 3.71. The van der Waals surface area contributed by atoms with Crippen molar-refractivity contribution < 1.29 is 4.79 Å². The van der Waals surface area contributed by atoms with Gasteiger partial charge in [-0.15, -0.1) is 0 Å². The van der Waals surface area contributed by atoms with E-state index in [1.807, 2.05) is 0 Å². The van der Waals surface area contributed by atoms with Crippen molar-refractivity contribution in [1.82, 2.24) is 9.55 Å². The number of carbonyl (C=O) groups excluding carboxylic acids is 1. The summed E-state index contributed by atoms with van der Waals surface area (Å²) in [4.78, 5) is 35.3. The van der Waals surface area contributed by atoms with Crippen LogP contribution in [-0.4, -0.2) is 15.5 Å². The summed E-state index contributed by atoms with van der Waals surface area (Å²) in [5, 5.41) is 2.45. The number of aromatic amines is 1. The quantitative estimate of drug-likeness (QED) is 0.514. The third-order valence-corrected chi connectivity index (χ3v) is 2.02. The Hall–Kier alpha value is -1.85. The number of hydrogen-bond acceptors (Lipinski definition) is 3. The Morgan fingerprint density at radius 1 is 1.31 bits per heavy atom. The normalized spacial score (nSPS) is 14.1. The second kappa shape index (κ2) is 2.32. The molecule has 0 aliphatic carbocycles. The second-order valence-corrected chi connectivity index (χ2v) is 2.87. The minimum Gasteiger partial charge on any atom is -0.311 e. The molecule has 1 aromatic heterocycles. The van der Waals surface area contributed by atoms with E-state index in [0.717, 1.165) is 0 Å². The first-order valence-electron chi connectivity index (χ1n) is 3.71. The van der Waals surface area contributed by atoms with Crippen molar-refractivity contribution in [2.45, 2.75) is 6.42 Å². The molecular formula is C7H7N3O3. The predicted octanol–water partition coefficient (Wildman–Crippen LogP) is -1.43. The van der Waals surface area contributed by atoms with E-state index >= 15 is 0 Å². The van der Waals surface area contributed by atoms with E-state index in [-0.39, 0.29) is 12.3 Å². The fourth-order valence-corrected chi connectivity index (χ4v) is 1.33. The van der Waals surface area contributed by atoms with Crippen LogP contribution in [0.15, 0.2) is 9.59 Å². The minimum atomic E-state index is -0.522. The molecule has 1 amide bonds. The molecule has 0 fully saturated rings. The lowest BCUT2D eigenvalue weighted by Gasteiger charge is -2.02. The van der Waals surface area contributed by atoms with Gasteiger partial charge in [0, 0.05) is 7.05 Å². The average Bonchev–Trinajstić information content (AvgIpc) is 2.44. The van der Waals surface area contributed by atoms with Crippen LogP contribution in [0.1, 0.15) is 5.56 Å². The van der Waals surface area contributed by atoms with Gasteiger partial charge in [-0.25, -0.2) is 4.79 Å². The first-order chi connectivity index (χ1) is 6.09. The maximum atomic E-state index is 11.2. The number of nitrogens with one attached hydrogen (secondary N) is 2. The number of fused-ring (bicyclic) bond motifs is 1. The van der Waals surface area contributed by atoms with Crippen molar-refractivity contribution in [1.29, 1.82) is 0 Å². The molecule has 0 spiro atoms. The molecule has 1 aliphatic rings. The SMILES string of the molecule is Cn1c2c(c(=O)[nH]c1=O)CC(=O)N2. The van der Waals surface area contributed by atoms with Gasteiger partial charge in [-0.2, -0.15) is 0 Å². The number of rotatable bonds is 0. The summed E-state index contributed by atoms with van der Waals surface area (Å²) >= 11 is 0. The van der Waals surface area contributed by atoms with Crippen molar-refractivity contribution in [3.63, 3.8) is 0 Å². The Morgan fingerprint density at radius 3 is 2.69 bits per heavy atom. The van der Waals surface area contributed by atoms with Gasteiger partial charge in [-0.05, 0) is 0 Å². The van der Waals surface area contributed by atoms with Crippen LogP contribution in [0.3, 0.4) is 0 Å². The summed E-state index contributed by atoms with van der Waals surface area (Å²) in [6.45, 7) is 0. The lowest BCUT2D eigenvalue weighted by molar-refractivity contribution is -0.115. The van der Waals surface area contributed by atoms with Gasteiger partial charge in [0.25, 0.3) is 5.56 Å². The highest BCUT2D eigenvalue weighted by Crippen LogP contribution is 2.15. The minimum absolute atomic E-state index is 0.0405. The van der Waals surface area contributed by atoms with Gasteiger partial charge < -0.3 is 5.32 Å². The zero-order chi connectivity index (χ0) is 9.59. The predicted molar refractivity (Wildman–Crippen MR) is 44.6 cm³/mol. The maximum absolute atomic E-state index is 11.2. The number of nitrogens with zero attached hydrogens (tertiary/aromatic N) is 1. The lowest BCUT2D eigenvalue weighted by Crippen LogP contribution is -2.30. The lowest BCUT2D eigenvalue weighted by atomic mass is 10.2. The highest BCUT2D eigenvalue weighted by atomic mass is 16.2. The molecule has 1 aromatic rings. The summed E-state index contributed by atoms with van der Waals surface area (Å²) < 4.78 is 1.21. The van der Waals surface area contributed by atoms with Crippen molar-refractivity contribution in [3.05, 3.63) is 26.4 Å². The van der Waals surface area contributed by atoms with Gasteiger partial charge in [0.2, 0.25) is 5.91 Å². The smallest absolute Gasteiger partial charge is 0.311 e. The number of hydrogen-bond donors (Lipinski definition) is 2. The fourth-order valence-electron chi connectivity index (χ4n) is 1.33. The topological polar surface area (TPSA) is 84.0 Å². The maximum Gasteiger partial charge on any atom is 0.329 e. The van der Waals surface area contributed by atoms with Crippen LogP contribution in [0, 0.1) is 0 Å². The van der Waals surface area contributed by atoms with E-state index in [1.54, 1.807) is 0 Å². The van der Waals surface area contributed by atoms with Gasteiger partial charge in [0.05, 0.1) is 12.0 Å². The van der Waals surface area contributed by atoms with E-state index < -0.39 is 11.2 Å². The number of H-pyrrole nitrogens is 1. The van der Waals surface area contributed by atoms with Crippen molar-refractivity contribution in [3.8, 4) is 0 Å². The Balaban J connectivity index is 2.84. The Bertz CT molecular complexity index is 497. The van der Waals surface area contributed by atoms with Crippen LogP contribution < -0.4 is 16.6 Å². The molecule has 0 bridgehead atoms. The zero-order valence-corrected chi connectivity index (χ0v) is 6.88. The largest absolute Gasteiger partial charge is 0.329 e. The molecule has 0 saturated carbocycles. The number of amides is 1. The Kier molecular flexibility index (Phi) is 1.39. The molecule has 6 heteroatoms. The molecular weight excluding hydrogens is 174 g/mol. The van der Waals surface area contributed by atoms with Crippen LogP contribution in [0.25, 0.3) is 0 Å². The molecule has 0 unspecified atom stereocenters. The van der Waals surface area contributed by atoms with Gasteiger partial charge in [0.1, 0.15) is 5.82 Å². The van der Waals surface area contributed by atoms with Crippen LogP contribution >= 0.6 is 0 Å². The Labute approximate surface area is 72.2 Å². The summed E-state index contributed by atoms with van der Waals surface area (Å²) in [6, 6.07) is 0. The fraction of sp³-hybridized carbons (Fsp3) is 0.286. The third-order valence-electron chi connectivity index (χ3n) is 2.02. The summed E-state index contributed by atoms with van der Waals surface area (Å²) in [7, 11) is 1.49. The standard InChI is InChI=1S/C7H7N3O3/c1-10-5-3(2-4(11)8-5)6(12)9-7(10)13/h2H2,1H3,(H,8,11)(H,9,12,13). The van der Waals surface area contributed by atoms with E-state index in [1.165, 1.54) is 11.6 Å². The van der Waals surface area contributed by atoms with Crippen LogP contribution in [0.4, 0.5) is 5.82 Å². The molecule has 13 heavy (non-hydrogen) atoms. The molecule has 68 valence electrons. The van der Waals surface area contributed by atoms with E-state index in [9.17, 15) is 14.4 Å². The number of aromatic nitrogens is 2. The number of anilines is 1. The van der Waals surface area contributed by atoms with Crippen LogP contribution in [0.5, 0.6) is 0 Å². The monoisotopic (exact) mass is 181 g/mol. The molecule has 0 aromatic carbocycles. The molecule has 2 heterocycles. The second-order valence-electron chi connectivity index (χ2n) is 2.87. The molecule has 0 saturated heterocycles. The third kappa shape index (κ3) is 0.986.